The monoisotopic (exact) mass is 382 g/mol. The van der Waals surface area contributed by atoms with Gasteiger partial charge in [-0.3, -0.25) is 4.79 Å². The highest BCUT2D eigenvalue weighted by atomic mass is 19.4. The van der Waals surface area contributed by atoms with Gasteiger partial charge in [0, 0.05) is 19.5 Å². The maximum absolute atomic E-state index is 12.9. The number of carbonyl (C=O) groups excluding carboxylic acids is 1. The molecular weight excluding hydrogens is 357 g/mol. The molecule has 1 aromatic heterocycles. The molecule has 4 bridgehead atoms. The lowest BCUT2D eigenvalue weighted by atomic mass is 9.51. The van der Waals surface area contributed by atoms with Crippen LogP contribution in [-0.2, 0) is 24.3 Å². The third kappa shape index (κ3) is 3.25. The number of hydrogen-bond acceptors (Lipinski definition) is 3. The molecule has 5 aliphatic rings. The van der Waals surface area contributed by atoms with Gasteiger partial charge in [-0.15, -0.1) is 10.2 Å². The lowest BCUT2D eigenvalue weighted by molar-refractivity contribution is -0.138. The number of nitrogens with zero attached hydrogens (tertiary/aromatic N) is 4. The molecule has 8 heteroatoms. The third-order valence-electron chi connectivity index (χ3n) is 7.37. The molecule has 4 fully saturated rings. The smallest absolute Gasteiger partial charge is 0.333 e. The van der Waals surface area contributed by atoms with Gasteiger partial charge in [0.25, 0.3) is 0 Å². The zero-order valence-electron chi connectivity index (χ0n) is 15.3. The van der Waals surface area contributed by atoms with Crippen LogP contribution < -0.4 is 0 Å². The molecule has 1 aromatic rings. The van der Waals surface area contributed by atoms with Gasteiger partial charge < -0.3 is 9.47 Å². The van der Waals surface area contributed by atoms with Gasteiger partial charge in [0.05, 0.1) is 6.54 Å². The number of alkyl halides is 3. The fourth-order valence-corrected chi connectivity index (χ4v) is 6.44. The Bertz CT molecular complexity index is 716. The van der Waals surface area contributed by atoms with Gasteiger partial charge >= 0.3 is 6.18 Å². The van der Waals surface area contributed by atoms with Crippen molar-refractivity contribution in [3.8, 4) is 0 Å². The Hall–Kier alpha value is -1.60. The highest BCUT2D eigenvalue weighted by Crippen LogP contribution is 2.57. The lowest BCUT2D eigenvalue weighted by Crippen LogP contribution is -2.47. The van der Waals surface area contributed by atoms with Crippen molar-refractivity contribution in [1.82, 2.24) is 19.7 Å². The van der Waals surface area contributed by atoms with Crippen LogP contribution in [0.1, 0.15) is 50.2 Å². The molecule has 0 N–H and O–H groups in total. The first-order valence-electron chi connectivity index (χ1n) is 10.1. The summed E-state index contributed by atoms with van der Waals surface area (Å²) < 4.78 is 39.5. The molecule has 148 valence electrons. The van der Waals surface area contributed by atoms with Crippen molar-refractivity contribution >= 4 is 5.91 Å². The molecule has 0 radical (unpaired) electrons. The van der Waals surface area contributed by atoms with E-state index in [2.05, 4.69) is 10.2 Å². The summed E-state index contributed by atoms with van der Waals surface area (Å²) in [6, 6.07) is 0. The number of rotatable bonds is 3. The van der Waals surface area contributed by atoms with E-state index in [-0.39, 0.29) is 18.3 Å². The van der Waals surface area contributed by atoms with Crippen molar-refractivity contribution in [2.45, 2.75) is 64.2 Å². The van der Waals surface area contributed by atoms with E-state index in [0.29, 0.717) is 43.1 Å². The Morgan fingerprint density at radius 2 is 1.67 bits per heavy atom. The summed E-state index contributed by atoms with van der Waals surface area (Å²) in [6.45, 7) is 1.07. The predicted octanol–water partition coefficient (Wildman–Crippen LogP) is 3.19. The normalized spacial score (nSPS) is 34.8. The van der Waals surface area contributed by atoms with Gasteiger partial charge in [-0.1, -0.05) is 0 Å². The summed E-state index contributed by atoms with van der Waals surface area (Å²) in [5.74, 6) is 4.25. The second-order valence-corrected chi connectivity index (χ2v) is 9.09. The van der Waals surface area contributed by atoms with E-state index in [1.807, 2.05) is 0 Å². The highest BCUT2D eigenvalue weighted by Gasteiger charge is 2.48. The Morgan fingerprint density at radius 1 is 1.00 bits per heavy atom. The fourth-order valence-electron chi connectivity index (χ4n) is 6.44. The minimum absolute atomic E-state index is 0.0503. The molecule has 6 rings (SSSR count). The molecule has 27 heavy (non-hydrogen) atoms. The zero-order valence-corrected chi connectivity index (χ0v) is 15.3. The largest absolute Gasteiger partial charge is 0.396 e. The molecule has 0 spiro atoms. The Kier molecular flexibility index (Phi) is 4.02. The molecule has 0 aromatic carbocycles. The van der Waals surface area contributed by atoms with E-state index in [4.69, 9.17) is 0 Å². The molecule has 4 aliphatic carbocycles. The van der Waals surface area contributed by atoms with Crippen molar-refractivity contribution in [2.24, 2.45) is 29.6 Å². The van der Waals surface area contributed by atoms with Gasteiger partial charge in [-0.05, 0) is 61.7 Å². The highest BCUT2D eigenvalue weighted by molar-refractivity contribution is 5.76. The predicted molar refractivity (Wildman–Crippen MR) is 90.4 cm³/mol. The Balaban J connectivity index is 1.24. The molecule has 5 nitrogen and oxygen atoms in total. The van der Waals surface area contributed by atoms with Crippen LogP contribution in [0.2, 0.25) is 0 Å². The molecule has 0 saturated heterocycles. The summed E-state index contributed by atoms with van der Waals surface area (Å²) in [5, 5.41) is 7.62. The van der Waals surface area contributed by atoms with Crippen LogP contribution >= 0.6 is 0 Å². The van der Waals surface area contributed by atoms with Crippen LogP contribution in [0.4, 0.5) is 13.2 Å². The second kappa shape index (κ2) is 6.21. The van der Waals surface area contributed by atoms with E-state index in [9.17, 15) is 18.0 Å². The molecule has 1 aliphatic heterocycles. The topological polar surface area (TPSA) is 51.0 Å². The summed E-state index contributed by atoms with van der Waals surface area (Å²) in [7, 11) is 0. The van der Waals surface area contributed by atoms with Crippen molar-refractivity contribution in [2.75, 3.05) is 6.54 Å². The number of carbonyl (C=O) groups is 1. The Morgan fingerprint density at radius 3 is 2.30 bits per heavy atom. The van der Waals surface area contributed by atoms with E-state index in [1.165, 1.54) is 36.7 Å². The maximum Gasteiger partial charge on any atom is 0.396 e. The first-order valence-corrected chi connectivity index (χ1v) is 10.1. The maximum atomic E-state index is 12.9. The third-order valence-corrected chi connectivity index (χ3v) is 7.37. The summed E-state index contributed by atoms with van der Waals surface area (Å²) in [4.78, 5) is 14.7. The molecule has 2 heterocycles. The Labute approximate surface area is 156 Å². The fraction of sp³-hybridized carbons (Fsp3) is 0.842. The summed E-state index contributed by atoms with van der Waals surface area (Å²) in [5.41, 5.74) is 0. The number of aromatic nitrogens is 3. The zero-order chi connectivity index (χ0) is 18.8. The van der Waals surface area contributed by atoms with Crippen molar-refractivity contribution in [1.29, 1.82) is 0 Å². The van der Waals surface area contributed by atoms with Crippen LogP contribution in [-0.4, -0.2) is 38.3 Å². The molecule has 0 unspecified atom stereocenters. The van der Waals surface area contributed by atoms with Crippen molar-refractivity contribution < 1.29 is 18.0 Å². The van der Waals surface area contributed by atoms with Crippen molar-refractivity contribution in [3.05, 3.63) is 11.6 Å². The van der Waals surface area contributed by atoms with Gasteiger partial charge in [0.1, 0.15) is 12.2 Å². The van der Waals surface area contributed by atoms with E-state index >= 15 is 0 Å². The van der Waals surface area contributed by atoms with Crippen LogP contribution in [0.5, 0.6) is 0 Å². The minimum Gasteiger partial charge on any atom is -0.333 e. The van der Waals surface area contributed by atoms with E-state index < -0.39 is 12.6 Å². The molecule has 1 amide bonds. The summed E-state index contributed by atoms with van der Waals surface area (Å²) >= 11 is 0. The van der Waals surface area contributed by atoms with Crippen LogP contribution in [0.3, 0.4) is 0 Å². The standard InChI is InChI=1S/C19H25F3N4O/c20-19(21,22)9-16-23-24-17-10-25(1-2-26(16)17)18(27)8-15-13-4-11-3-12(6-13)7-14(15)5-11/h11-15H,1-10H2. The van der Waals surface area contributed by atoms with Gasteiger partial charge in [0.2, 0.25) is 5.91 Å². The first-order chi connectivity index (χ1) is 12.9. The van der Waals surface area contributed by atoms with Gasteiger partial charge in [-0.25, -0.2) is 0 Å². The molecule has 0 atom stereocenters. The van der Waals surface area contributed by atoms with Crippen LogP contribution in [0.25, 0.3) is 0 Å². The number of hydrogen-bond donors (Lipinski definition) is 0. The number of halogens is 3. The SMILES string of the molecule is O=C(CC1C2CC3CC(C2)CC1C3)N1CCn2c(nnc2CC(F)(F)F)C1. The molecular formula is C19H25F3N4O. The number of fused-ring (bicyclic) bond motifs is 1. The van der Waals surface area contributed by atoms with Crippen molar-refractivity contribution in [3.63, 3.8) is 0 Å². The summed E-state index contributed by atoms with van der Waals surface area (Å²) in [6.07, 6.45) is 1.80. The second-order valence-electron chi connectivity index (χ2n) is 9.09. The van der Waals surface area contributed by atoms with Gasteiger partial charge in [0.15, 0.2) is 5.82 Å². The van der Waals surface area contributed by atoms with E-state index in [1.54, 1.807) is 4.90 Å². The number of amides is 1. The van der Waals surface area contributed by atoms with E-state index in [0.717, 1.165) is 11.8 Å². The van der Waals surface area contributed by atoms with Gasteiger partial charge in [-0.2, -0.15) is 13.2 Å². The lowest BCUT2D eigenvalue weighted by Gasteiger charge is -2.54. The first kappa shape index (κ1) is 17.5. The molecule has 4 saturated carbocycles. The minimum atomic E-state index is -4.30. The van der Waals surface area contributed by atoms with Crippen LogP contribution in [0.15, 0.2) is 0 Å². The quantitative estimate of drug-likeness (QED) is 0.807. The van der Waals surface area contributed by atoms with Crippen LogP contribution in [0, 0.1) is 29.6 Å². The average Bonchev–Trinajstić information content (AvgIpc) is 2.97. The average molecular weight is 382 g/mol.